The van der Waals surface area contributed by atoms with Crippen LogP contribution < -0.4 is 5.32 Å². The lowest BCUT2D eigenvalue weighted by Gasteiger charge is -2.00. The van der Waals surface area contributed by atoms with Crippen molar-refractivity contribution in [3.63, 3.8) is 0 Å². The van der Waals surface area contributed by atoms with Crippen LogP contribution in [0.15, 0.2) is 12.7 Å². The lowest BCUT2D eigenvalue weighted by atomic mass is 10.2. The molecule has 0 unspecified atom stereocenters. The van der Waals surface area contributed by atoms with E-state index in [0.29, 0.717) is 6.54 Å². The molecule has 2 rings (SSSR count). The zero-order valence-corrected chi connectivity index (χ0v) is 8.92. The monoisotopic (exact) mass is 205 g/mol. The number of amides is 1. The second-order valence-electron chi connectivity index (χ2n) is 3.77. The van der Waals surface area contributed by atoms with Crippen molar-refractivity contribution in [3.8, 4) is 0 Å². The number of aromatic nitrogens is 2. The molecule has 0 radical (unpaired) electrons. The van der Waals surface area contributed by atoms with Gasteiger partial charge in [0.25, 0.3) is 0 Å². The normalized spacial score (nSPS) is 13.7. The molecule has 0 saturated heterocycles. The van der Waals surface area contributed by atoms with Crippen LogP contribution in [0.25, 0.3) is 0 Å². The van der Waals surface area contributed by atoms with Crippen LogP contribution in [0.2, 0.25) is 0 Å². The molecule has 1 amide bonds. The fourth-order valence-electron chi connectivity index (χ4n) is 2.08. The van der Waals surface area contributed by atoms with Gasteiger partial charge in [0.2, 0.25) is 5.91 Å². The maximum Gasteiger partial charge on any atom is 0.243 e. The van der Waals surface area contributed by atoms with Crippen molar-refractivity contribution in [2.24, 2.45) is 7.05 Å². The zero-order chi connectivity index (χ0) is 10.8. The van der Waals surface area contributed by atoms with Gasteiger partial charge in [-0.25, -0.2) is 0 Å². The topological polar surface area (TPSA) is 46.9 Å². The highest BCUT2D eigenvalue weighted by Crippen LogP contribution is 2.24. The predicted octanol–water partition coefficient (Wildman–Crippen LogP) is 0.711. The molecule has 80 valence electrons. The Balaban J connectivity index is 2.12. The average Bonchev–Trinajstić information content (AvgIpc) is 2.80. The maximum atomic E-state index is 11.0. The summed E-state index contributed by atoms with van der Waals surface area (Å²) < 4.78 is 1.93. The molecule has 0 fully saturated rings. The Bertz CT molecular complexity index is 406. The molecule has 0 aliphatic heterocycles. The van der Waals surface area contributed by atoms with Gasteiger partial charge in [-0.2, -0.15) is 5.10 Å². The molecule has 0 spiro atoms. The van der Waals surface area contributed by atoms with Gasteiger partial charge in [0.05, 0.1) is 12.2 Å². The summed E-state index contributed by atoms with van der Waals surface area (Å²) in [4.78, 5) is 11.0. The summed E-state index contributed by atoms with van der Waals surface area (Å²) in [5.74, 6) is -0.146. The molecule has 0 saturated carbocycles. The third-order valence-electron chi connectivity index (χ3n) is 2.81. The highest BCUT2D eigenvalue weighted by Gasteiger charge is 2.20. The van der Waals surface area contributed by atoms with Crippen LogP contribution in [0, 0.1) is 0 Å². The van der Waals surface area contributed by atoms with E-state index >= 15 is 0 Å². The summed E-state index contributed by atoms with van der Waals surface area (Å²) in [6, 6.07) is 0. The van der Waals surface area contributed by atoms with E-state index in [1.807, 2.05) is 11.7 Å². The first-order valence-electron chi connectivity index (χ1n) is 5.16. The second-order valence-corrected chi connectivity index (χ2v) is 3.77. The third kappa shape index (κ3) is 1.79. The van der Waals surface area contributed by atoms with Gasteiger partial charge in [0.15, 0.2) is 0 Å². The Kier molecular flexibility index (Phi) is 2.58. The van der Waals surface area contributed by atoms with Gasteiger partial charge < -0.3 is 5.32 Å². The van der Waals surface area contributed by atoms with Crippen LogP contribution in [0.1, 0.15) is 23.4 Å². The molecule has 0 aromatic carbocycles. The molecule has 4 nitrogen and oxygen atoms in total. The summed E-state index contributed by atoms with van der Waals surface area (Å²) in [5.41, 5.74) is 3.64. The van der Waals surface area contributed by atoms with Gasteiger partial charge in [-0.05, 0) is 30.9 Å². The van der Waals surface area contributed by atoms with Crippen LogP contribution in [-0.4, -0.2) is 15.7 Å². The van der Waals surface area contributed by atoms with Crippen LogP contribution in [-0.2, 0) is 31.2 Å². The van der Waals surface area contributed by atoms with Crippen LogP contribution in [0.5, 0.6) is 0 Å². The van der Waals surface area contributed by atoms with Gasteiger partial charge in [-0.3, -0.25) is 9.48 Å². The fraction of sp³-hybridized carbons (Fsp3) is 0.455. The standard InChI is InChI=1S/C11H15N3O/c1-3-11(15)12-7-9-8-5-4-6-10(8)14(2)13-9/h3H,1,4-7H2,2H3,(H,12,15). The smallest absolute Gasteiger partial charge is 0.243 e. The van der Waals surface area contributed by atoms with Crippen LogP contribution >= 0.6 is 0 Å². The molecule has 1 aliphatic carbocycles. The van der Waals surface area contributed by atoms with Gasteiger partial charge >= 0.3 is 0 Å². The minimum absolute atomic E-state index is 0.146. The Morgan fingerprint density at radius 1 is 1.67 bits per heavy atom. The van der Waals surface area contributed by atoms with E-state index < -0.39 is 0 Å². The van der Waals surface area contributed by atoms with Crippen molar-refractivity contribution in [1.82, 2.24) is 15.1 Å². The largest absolute Gasteiger partial charge is 0.347 e. The van der Waals surface area contributed by atoms with E-state index in [4.69, 9.17) is 0 Å². The Labute approximate surface area is 89.0 Å². The molecule has 1 aromatic heterocycles. The van der Waals surface area contributed by atoms with Gasteiger partial charge in [0.1, 0.15) is 0 Å². The molecule has 1 heterocycles. The van der Waals surface area contributed by atoms with Crippen molar-refractivity contribution < 1.29 is 4.79 Å². The number of hydrogen-bond acceptors (Lipinski definition) is 2. The van der Waals surface area contributed by atoms with Crippen molar-refractivity contribution in [2.75, 3.05) is 0 Å². The predicted molar refractivity (Wildman–Crippen MR) is 57.3 cm³/mol. The molecular formula is C11H15N3O. The summed E-state index contributed by atoms with van der Waals surface area (Å²) in [5, 5.41) is 7.16. The first kappa shape index (κ1) is 9.96. The number of fused-ring (bicyclic) bond motifs is 1. The van der Waals surface area contributed by atoms with E-state index in [1.54, 1.807) is 0 Å². The molecule has 15 heavy (non-hydrogen) atoms. The Morgan fingerprint density at radius 2 is 2.47 bits per heavy atom. The summed E-state index contributed by atoms with van der Waals surface area (Å²) in [6.07, 6.45) is 4.67. The first-order valence-corrected chi connectivity index (χ1v) is 5.16. The molecule has 0 atom stereocenters. The van der Waals surface area contributed by atoms with Crippen LogP contribution in [0.3, 0.4) is 0 Å². The number of carbonyl (C=O) groups excluding carboxylic acids is 1. The van der Waals surface area contributed by atoms with Crippen molar-refractivity contribution in [2.45, 2.75) is 25.8 Å². The number of aryl methyl sites for hydroxylation is 1. The van der Waals surface area contributed by atoms with E-state index in [1.165, 1.54) is 23.8 Å². The lowest BCUT2D eigenvalue weighted by molar-refractivity contribution is -0.116. The summed E-state index contributed by atoms with van der Waals surface area (Å²) in [6.45, 7) is 3.92. The third-order valence-corrected chi connectivity index (χ3v) is 2.81. The molecule has 1 aromatic rings. The highest BCUT2D eigenvalue weighted by atomic mass is 16.1. The van der Waals surface area contributed by atoms with Gasteiger partial charge in [-0.1, -0.05) is 6.58 Å². The SMILES string of the molecule is C=CC(=O)NCc1nn(C)c2c1CCC2. The minimum Gasteiger partial charge on any atom is -0.347 e. The number of hydrogen-bond donors (Lipinski definition) is 1. The highest BCUT2D eigenvalue weighted by molar-refractivity contribution is 5.86. The molecule has 4 heteroatoms. The number of nitrogens with one attached hydrogen (secondary N) is 1. The number of rotatable bonds is 3. The minimum atomic E-state index is -0.146. The fourth-order valence-corrected chi connectivity index (χ4v) is 2.08. The van der Waals surface area contributed by atoms with E-state index in [0.717, 1.165) is 18.5 Å². The summed E-state index contributed by atoms with van der Waals surface area (Å²) >= 11 is 0. The summed E-state index contributed by atoms with van der Waals surface area (Å²) in [7, 11) is 1.96. The molecule has 1 N–H and O–H groups in total. The Morgan fingerprint density at radius 3 is 3.20 bits per heavy atom. The average molecular weight is 205 g/mol. The van der Waals surface area contributed by atoms with E-state index in [9.17, 15) is 4.79 Å². The maximum absolute atomic E-state index is 11.0. The quantitative estimate of drug-likeness (QED) is 0.739. The van der Waals surface area contributed by atoms with Gasteiger partial charge in [0, 0.05) is 12.7 Å². The first-order chi connectivity index (χ1) is 7.22. The van der Waals surface area contributed by atoms with E-state index in [2.05, 4.69) is 17.0 Å². The Hall–Kier alpha value is -1.58. The van der Waals surface area contributed by atoms with Crippen LogP contribution in [0.4, 0.5) is 0 Å². The zero-order valence-electron chi connectivity index (χ0n) is 8.92. The number of nitrogens with zero attached hydrogens (tertiary/aromatic N) is 2. The lowest BCUT2D eigenvalue weighted by Crippen LogP contribution is -2.21. The number of carbonyl (C=O) groups is 1. The second kappa shape index (κ2) is 3.88. The molecule has 0 bridgehead atoms. The van der Waals surface area contributed by atoms with Crippen molar-refractivity contribution in [3.05, 3.63) is 29.6 Å². The molecular weight excluding hydrogens is 190 g/mol. The van der Waals surface area contributed by atoms with Crippen molar-refractivity contribution in [1.29, 1.82) is 0 Å². The van der Waals surface area contributed by atoms with Crippen molar-refractivity contribution >= 4 is 5.91 Å². The van der Waals surface area contributed by atoms with Gasteiger partial charge in [-0.15, -0.1) is 0 Å². The molecule has 1 aliphatic rings. The van der Waals surface area contributed by atoms with E-state index in [-0.39, 0.29) is 5.91 Å².